The van der Waals surface area contributed by atoms with Crippen LogP contribution in [0.3, 0.4) is 0 Å². The normalized spacial score (nSPS) is 18.3. The highest BCUT2D eigenvalue weighted by Gasteiger charge is 2.23. The van der Waals surface area contributed by atoms with Crippen LogP contribution in [0.2, 0.25) is 5.15 Å². The maximum Gasteiger partial charge on any atom is 0.131 e. The molecule has 0 radical (unpaired) electrons. The molecule has 0 bridgehead atoms. The van der Waals surface area contributed by atoms with E-state index in [2.05, 4.69) is 35.7 Å². The first kappa shape index (κ1) is 13.6. The van der Waals surface area contributed by atoms with E-state index in [1.165, 1.54) is 25.9 Å². The van der Waals surface area contributed by atoms with Gasteiger partial charge in [0.05, 0.1) is 0 Å². The van der Waals surface area contributed by atoms with Gasteiger partial charge in [0.15, 0.2) is 0 Å². The Morgan fingerprint density at radius 2 is 2.06 bits per heavy atom. The summed E-state index contributed by atoms with van der Waals surface area (Å²) in [5.41, 5.74) is 1.16. The van der Waals surface area contributed by atoms with Gasteiger partial charge >= 0.3 is 0 Å². The number of rotatable bonds is 3. The topological polar surface area (TPSA) is 19.4 Å². The van der Waals surface area contributed by atoms with Crippen LogP contribution in [0.15, 0.2) is 18.3 Å². The largest absolute Gasteiger partial charge is 0.371 e. The van der Waals surface area contributed by atoms with E-state index < -0.39 is 0 Å². The molecule has 0 spiro atoms. The van der Waals surface area contributed by atoms with Gasteiger partial charge in [0, 0.05) is 44.1 Å². The number of piperidine rings is 1. The molecular weight excluding hydrogens is 246 g/mol. The number of anilines is 1. The van der Waals surface area contributed by atoms with E-state index >= 15 is 0 Å². The molecule has 3 nitrogen and oxygen atoms in total. The van der Waals surface area contributed by atoms with E-state index in [-0.39, 0.29) is 0 Å². The number of aromatic nitrogens is 1. The number of halogens is 1. The van der Waals surface area contributed by atoms with Gasteiger partial charge in [-0.15, -0.1) is 0 Å². The summed E-state index contributed by atoms with van der Waals surface area (Å²) in [7, 11) is 2.15. The van der Waals surface area contributed by atoms with E-state index in [0.717, 1.165) is 5.69 Å². The van der Waals surface area contributed by atoms with Gasteiger partial charge in [0.25, 0.3) is 0 Å². The molecule has 0 atom stereocenters. The second kappa shape index (κ2) is 5.89. The van der Waals surface area contributed by atoms with Gasteiger partial charge in [-0.05, 0) is 38.8 Å². The molecule has 100 valence electrons. The quantitative estimate of drug-likeness (QED) is 0.785. The van der Waals surface area contributed by atoms with Crippen LogP contribution in [0.5, 0.6) is 0 Å². The molecule has 0 amide bonds. The SMILES string of the molecule is CC(C)N1CCC(N(C)c2ccnc(Cl)c2)CC1. The summed E-state index contributed by atoms with van der Waals surface area (Å²) in [6.07, 6.45) is 4.21. The maximum atomic E-state index is 5.95. The Labute approximate surface area is 115 Å². The molecule has 18 heavy (non-hydrogen) atoms. The molecule has 2 rings (SSSR count). The van der Waals surface area contributed by atoms with Crippen LogP contribution < -0.4 is 4.90 Å². The summed E-state index contributed by atoms with van der Waals surface area (Å²) in [5, 5.41) is 0.568. The molecule has 1 aliphatic heterocycles. The van der Waals surface area contributed by atoms with Gasteiger partial charge in [-0.1, -0.05) is 11.6 Å². The van der Waals surface area contributed by atoms with Gasteiger partial charge < -0.3 is 9.80 Å². The Morgan fingerprint density at radius 1 is 1.39 bits per heavy atom. The number of hydrogen-bond donors (Lipinski definition) is 0. The van der Waals surface area contributed by atoms with Gasteiger partial charge in [-0.3, -0.25) is 0 Å². The van der Waals surface area contributed by atoms with Crippen molar-refractivity contribution in [2.24, 2.45) is 0 Å². The Morgan fingerprint density at radius 3 is 2.61 bits per heavy atom. The predicted molar refractivity (Wildman–Crippen MR) is 77.4 cm³/mol. The first-order chi connectivity index (χ1) is 8.58. The standard InChI is InChI=1S/C14H22ClN3/c1-11(2)18-8-5-12(6-9-18)17(3)13-4-7-16-14(15)10-13/h4,7,10-12H,5-6,8-9H2,1-3H3. The monoisotopic (exact) mass is 267 g/mol. The minimum absolute atomic E-state index is 0.568. The van der Waals surface area contributed by atoms with Gasteiger partial charge in [0.1, 0.15) is 5.15 Å². The fourth-order valence-electron chi connectivity index (χ4n) is 2.61. The van der Waals surface area contributed by atoms with Crippen molar-refractivity contribution in [3.63, 3.8) is 0 Å². The van der Waals surface area contributed by atoms with Crippen molar-refractivity contribution in [3.8, 4) is 0 Å². The van der Waals surface area contributed by atoms with E-state index in [1.807, 2.05) is 12.1 Å². The molecule has 2 heterocycles. The third-order valence-electron chi connectivity index (χ3n) is 3.89. The van der Waals surface area contributed by atoms with Crippen molar-refractivity contribution in [2.75, 3.05) is 25.0 Å². The fourth-order valence-corrected chi connectivity index (χ4v) is 2.78. The van der Waals surface area contributed by atoms with E-state index in [9.17, 15) is 0 Å². The lowest BCUT2D eigenvalue weighted by molar-refractivity contribution is 0.171. The number of nitrogens with zero attached hydrogens (tertiary/aromatic N) is 3. The molecule has 4 heteroatoms. The maximum absolute atomic E-state index is 5.95. The Hall–Kier alpha value is -0.800. The first-order valence-corrected chi connectivity index (χ1v) is 7.04. The van der Waals surface area contributed by atoms with E-state index in [0.29, 0.717) is 17.2 Å². The van der Waals surface area contributed by atoms with Gasteiger partial charge in [-0.2, -0.15) is 0 Å². The van der Waals surface area contributed by atoms with Crippen LogP contribution in [0.4, 0.5) is 5.69 Å². The Balaban J connectivity index is 1.97. The number of pyridine rings is 1. The van der Waals surface area contributed by atoms with E-state index in [4.69, 9.17) is 11.6 Å². The molecule has 0 unspecified atom stereocenters. The molecule has 0 N–H and O–H groups in total. The molecule has 1 aromatic rings. The summed E-state index contributed by atoms with van der Waals surface area (Å²) >= 11 is 5.95. The molecular formula is C14H22ClN3. The lowest BCUT2D eigenvalue weighted by Gasteiger charge is -2.39. The van der Waals surface area contributed by atoms with Gasteiger partial charge in [0.2, 0.25) is 0 Å². The minimum Gasteiger partial charge on any atom is -0.371 e. The van der Waals surface area contributed by atoms with E-state index in [1.54, 1.807) is 6.20 Å². The van der Waals surface area contributed by atoms with Crippen LogP contribution in [0, 0.1) is 0 Å². The molecule has 0 saturated carbocycles. The van der Waals surface area contributed by atoms with Crippen LogP contribution in [0.25, 0.3) is 0 Å². The van der Waals surface area contributed by atoms with Crippen LogP contribution in [-0.4, -0.2) is 42.1 Å². The highest BCUT2D eigenvalue weighted by atomic mass is 35.5. The van der Waals surface area contributed by atoms with Crippen molar-refractivity contribution in [1.82, 2.24) is 9.88 Å². The second-order valence-corrected chi connectivity index (χ2v) is 5.70. The Bertz CT molecular complexity index is 386. The lowest BCUT2D eigenvalue weighted by Crippen LogP contribution is -2.45. The summed E-state index contributed by atoms with van der Waals surface area (Å²) in [4.78, 5) is 8.92. The lowest BCUT2D eigenvalue weighted by atomic mass is 10.0. The van der Waals surface area contributed by atoms with Crippen molar-refractivity contribution in [3.05, 3.63) is 23.5 Å². The first-order valence-electron chi connectivity index (χ1n) is 6.66. The highest BCUT2D eigenvalue weighted by molar-refractivity contribution is 6.29. The molecule has 0 aromatic carbocycles. The van der Waals surface area contributed by atoms with Gasteiger partial charge in [-0.25, -0.2) is 4.98 Å². The third-order valence-corrected chi connectivity index (χ3v) is 4.10. The average Bonchev–Trinajstić information content (AvgIpc) is 2.38. The fraction of sp³-hybridized carbons (Fsp3) is 0.643. The smallest absolute Gasteiger partial charge is 0.131 e. The third kappa shape index (κ3) is 3.15. The summed E-state index contributed by atoms with van der Waals surface area (Å²) in [5.74, 6) is 0. The summed E-state index contributed by atoms with van der Waals surface area (Å²) in [6.45, 7) is 6.91. The zero-order chi connectivity index (χ0) is 13.1. The predicted octanol–water partition coefficient (Wildman–Crippen LogP) is 3.04. The average molecular weight is 268 g/mol. The van der Waals surface area contributed by atoms with Crippen molar-refractivity contribution >= 4 is 17.3 Å². The number of hydrogen-bond acceptors (Lipinski definition) is 3. The van der Waals surface area contributed by atoms with Crippen molar-refractivity contribution in [1.29, 1.82) is 0 Å². The van der Waals surface area contributed by atoms with Crippen molar-refractivity contribution < 1.29 is 0 Å². The number of likely N-dealkylation sites (tertiary alicyclic amines) is 1. The zero-order valence-corrected chi connectivity index (χ0v) is 12.2. The minimum atomic E-state index is 0.568. The Kier molecular flexibility index (Phi) is 4.46. The van der Waals surface area contributed by atoms with Crippen LogP contribution in [0.1, 0.15) is 26.7 Å². The summed E-state index contributed by atoms with van der Waals surface area (Å²) in [6, 6.07) is 5.24. The molecule has 1 saturated heterocycles. The molecule has 1 fully saturated rings. The zero-order valence-electron chi connectivity index (χ0n) is 11.4. The molecule has 1 aliphatic rings. The van der Waals surface area contributed by atoms with Crippen LogP contribution in [-0.2, 0) is 0 Å². The highest BCUT2D eigenvalue weighted by Crippen LogP contribution is 2.24. The second-order valence-electron chi connectivity index (χ2n) is 5.31. The molecule has 1 aromatic heterocycles. The summed E-state index contributed by atoms with van der Waals surface area (Å²) < 4.78 is 0. The molecule has 0 aliphatic carbocycles. The van der Waals surface area contributed by atoms with Crippen LogP contribution >= 0.6 is 11.6 Å². The van der Waals surface area contributed by atoms with Crippen molar-refractivity contribution in [2.45, 2.75) is 38.8 Å².